The van der Waals surface area contributed by atoms with Crippen molar-refractivity contribution in [2.75, 3.05) is 18.4 Å². The van der Waals surface area contributed by atoms with Crippen LogP contribution in [0.2, 0.25) is 5.02 Å². The van der Waals surface area contributed by atoms with Crippen LogP contribution in [-0.4, -0.2) is 39.9 Å². The summed E-state index contributed by atoms with van der Waals surface area (Å²) in [6.07, 6.45) is 3.63. The second-order valence-corrected chi connectivity index (χ2v) is 7.59. The van der Waals surface area contributed by atoms with E-state index in [4.69, 9.17) is 11.6 Å². The van der Waals surface area contributed by atoms with E-state index in [0.29, 0.717) is 16.8 Å². The maximum Gasteiger partial charge on any atom is 0.242 e. The van der Waals surface area contributed by atoms with E-state index in [9.17, 15) is 4.79 Å². The standard InChI is InChI=1S/C21H23ClN4O/c1-14(21(27)25-20-7-6-17(22)13-23-20)26-10-8-15(9-11-26)19-12-16-4-2-3-5-18(16)24-19/h2-7,12-15,24H,8-11H2,1H3,(H,23,25,27). The third-order valence-corrected chi connectivity index (χ3v) is 5.65. The molecule has 1 amide bonds. The van der Waals surface area contributed by atoms with Crippen LogP contribution in [0.4, 0.5) is 5.82 Å². The first kappa shape index (κ1) is 18.0. The van der Waals surface area contributed by atoms with Gasteiger partial charge in [0.25, 0.3) is 0 Å². The summed E-state index contributed by atoms with van der Waals surface area (Å²) < 4.78 is 0. The zero-order chi connectivity index (χ0) is 18.8. The van der Waals surface area contributed by atoms with Crippen molar-refractivity contribution in [3.63, 3.8) is 0 Å². The molecule has 1 aliphatic rings. The number of likely N-dealkylation sites (tertiary alicyclic amines) is 1. The molecule has 0 saturated carbocycles. The van der Waals surface area contributed by atoms with Crippen molar-refractivity contribution in [2.45, 2.75) is 31.7 Å². The van der Waals surface area contributed by atoms with Crippen molar-refractivity contribution in [3.8, 4) is 0 Å². The normalized spacial score (nSPS) is 17.1. The van der Waals surface area contributed by atoms with E-state index in [1.807, 2.05) is 6.92 Å². The molecule has 27 heavy (non-hydrogen) atoms. The number of aromatic amines is 1. The highest BCUT2D eigenvalue weighted by atomic mass is 35.5. The monoisotopic (exact) mass is 382 g/mol. The number of benzene rings is 1. The van der Waals surface area contributed by atoms with Crippen LogP contribution in [-0.2, 0) is 4.79 Å². The van der Waals surface area contributed by atoms with Crippen molar-refractivity contribution in [1.82, 2.24) is 14.9 Å². The van der Waals surface area contributed by atoms with Gasteiger partial charge >= 0.3 is 0 Å². The number of pyridine rings is 1. The lowest BCUT2D eigenvalue weighted by atomic mass is 9.92. The van der Waals surface area contributed by atoms with Gasteiger partial charge in [0.2, 0.25) is 5.91 Å². The molecule has 140 valence electrons. The van der Waals surface area contributed by atoms with Gasteiger partial charge in [-0.25, -0.2) is 4.98 Å². The number of aromatic nitrogens is 2. The van der Waals surface area contributed by atoms with Gasteiger partial charge in [0.15, 0.2) is 0 Å². The molecule has 1 aliphatic heterocycles. The second kappa shape index (κ2) is 7.71. The lowest BCUT2D eigenvalue weighted by molar-refractivity contribution is -0.121. The number of piperidine rings is 1. The Bertz CT molecular complexity index is 896. The smallest absolute Gasteiger partial charge is 0.242 e. The Morgan fingerprint density at radius 1 is 1.26 bits per heavy atom. The van der Waals surface area contributed by atoms with Crippen molar-refractivity contribution in [1.29, 1.82) is 0 Å². The maximum atomic E-state index is 12.5. The van der Waals surface area contributed by atoms with E-state index in [1.54, 1.807) is 12.1 Å². The topological polar surface area (TPSA) is 61.0 Å². The molecule has 1 unspecified atom stereocenters. The van der Waals surface area contributed by atoms with Gasteiger partial charge in [0.05, 0.1) is 11.1 Å². The minimum absolute atomic E-state index is 0.0334. The highest BCUT2D eigenvalue weighted by Gasteiger charge is 2.28. The number of H-pyrrole nitrogens is 1. The molecule has 0 bridgehead atoms. The fraction of sp³-hybridized carbons (Fsp3) is 0.333. The number of hydrogen-bond acceptors (Lipinski definition) is 3. The minimum Gasteiger partial charge on any atom is -0.358 e. The maximum absolute atomic E-state index is 12.5. The van der Waals surface area contributed by atoms with E-state index in [0.717, 1.165) is 25.9 Å². The number of carbonyl (C=O) groups is 1. The minimum atomic E-state index is -0.189. The second-order valence-electron chi connectivity index (χ2n) is 7.15. The number of hydrogen-bond donors (Lipinski definition) is 2. The zero-order valence-electron chi connectivity index (χ0n) is 15.3. The predicted molar refractivity (Wildman–Crippen MR) is 109 cm³/mol. The Labute approximate surface area is 163 Å². The number of fused-ring (bicyclic) bond motifs is 1. The lowest BCUT2D eigenvalue weighted by Gasteiger charge is -2.35. The van der Waals surface area contributed by atoms with Gasteiger partial charge in [-0.05, 0) is 62.5 Å². The molecule has 3 aromatic rings. The van der Waals surface area contributed by atoms with Crippen LogP contribution in [0.5, 0.6) is 0 Å². The number of nitrogens with one attached hydrogen (secondary N) is 2. The Kier molecular flexibility index (Phi) is 5.14. The van der Waals surface area contributed by atoms with Crippen molar-refractivity contribution >= 4 is 34.2 Å². The quantitative estimate of drug-likeness (QED) is 0.702. The van der Waals surface area contributed by atoms with Gasteiger partial charge < -0.3 is 10.3 Å². The number of rotatable bonds is 4. The van der Waals surface area contributed by atoms with E-state index in [1.165, 1.54) is 22.8 Å². The molecule has 1 atom stereocenters. The number of amides is 1. The van der Waals surface area contributed by atoms with Crippen LogP contribution in [0.3, 0.4) is 0 Å². The van der Waals surface area contributed by atoms with Crippen LogP contribution < -0.4 is 5.32 Å². The van der Waals surface area contributed by atoms with E-state index in [-0.39, 0.29) is 11.9 Å². The van der Waals surface area contributed by atoms with E-state index < -0.39 is 0 Å². The zero-order valence-corrected chi connectivity index (χ0v) is 16.0. The largest absolute Gasteiger partial charge is 0.358 e. The molecular formula is C21H23ClN4O. The molecule has 1 aromatic carbocycles. The molecule has 1 saturated heterocycles. The Morgan fingerprint density at radius 2 is 2.04 bits per heavy atom. The highest BCUT2D eigenvalue weighted by Crippen LogP contribution is 2.30. The predicted octanol–water partition coefficient (Wildman–Crippen LogP) is 4.42. The SMILES string of the molecule is CC(C(=O)Nc1ccc(Cl)cn1)N1CCC(c2cc3ccccc3[nH]2)CC1. The fourth-order valence-electron chi connectivity index (χ4n) is 3.76. The lowest BCUT2D eigenvalue weighted by Crippen LogP contribution is -2.45. The van der Waals surface area contributed by atoms with Crippen LogP contribution in [0.1, 0.15) is 31.4 Å². The summed E-state index contributed by atoms with van der Waals surface area (Å²) in [6, 6.07) is 13.9. The molecule has 3 heterocycles. The molecule has 1 fully saturated rings. The summed E-state index contributed by atoms with van der Waals surface area (Å²) in [4.78, 5) is 22.5. The summed E-state index contributed by atoms with van der Waals surface area (Å²) in [5, 5.41) is 4.69. The van der Waals surface area contributed by atoms with Gasteiger partial charge in [-0.3, -0.25) is 9.69 Å². The summed E-state index contributed by atoms with van der Waals surface area (Å²) >= 11 is 5.84. The molecule has 5 nitrogen and oxygen atoms in total. The van der Waals surface area contributed by atoms with Crippen LogP contribution in [0.15, 0.2) is 48.7 Å². The first-order chi connectivity index (χ1) is 13.1. The molecule has 0 aliphatic carbocycles. The molecule has 2 aromatic heterocycles. The first-order valence-electron chi connectivity index (χ1n) is 9.34. The Hall–Kier alpha value is -2.37. The molecule has 2 N–H and O–H groups in total. The summed E-state index contributed by atoms with van der Waals surface area (Å²) in [5.41, 5.74) is 2.50. The van der Waals surface area contributed by atoms with Gasteiger partial charge in [-0.15, -0.1) is 0 Å². The molecular weight excluding hydrogens is 360 g/mol. The Balaban J connectivity index is 1.35. The first-order valence-corrected chi connectivity index (χ1v) is 9.72. The number of carbonyl (C=O) groups excluding carboxylic acids is 1. The summed E-state index contributed by atoms with van der Waals surface area (Å²) in [6.45, 7) is 3.76. The highest BCUT2D eigenvalue weighted by molar-refractivity contribution is 6.30. The van der Waals surface area contributed by atoms with E-state index >= 15 is 0 Å². The molecule has 0 spiro atoms. The van der Waals surface area contributed by atoms with Crippen molar-refractivity contribution < 1.29 is 4.79 Å². The van der Waals surface area contributed by atoms with Crippen molar-refractivity contribution in [2.24, 2.45) is 0 Å². The number of halogens is 1. The number of anilines is 1. The molecule has 0 radical (unpaired) electrons. The molecule has 4 rings (SSSR count). The third kappa shape index (κ3) is 3.99. The third-order valence-electron chi connectivity index (χ3n) is 5.43. The van der Waals surface area contributed by atoms with Gasteiger partial charge in [-0.2, -0.15) is 0 Å². The average molecular weight is 383 g/mol. The van der Waals surface area contributed by atoms with Gasteiger partial charge in [0.1, 0.15) is 5.82 Å². The van der Waals surface area contributed by atoms with Crippen LogP contribution >= 0.6 is 11.6 Å². The van der Waals surface area contributed by atoms with Gasteiger partial charge in [0, 0.05) is 23.3 Å². The fourth-order valence-corrected chi connectivity index (χ4v) is 3.87. The Morgan fingerprint density at radius 3 is 2.74 bits per heavy atom. The average Bonchev–Trinajstić information content (AvgIpc) is 3.13. The molecule has 6 heteroatoms. The number of para-hydroxylation sites is 1. The van der Waals surface area contributed by atoms with Gasteiger partial charge in [-0.1, -0.05) is 29.8 Å². The van der Waals surface area contributed by atoms with E-state index in [2.05, 4.69) is 50.5 Å². The summed E-state index contributed by atoms with van der Waals surface area (Å²) in [5.74, 6) is 1.01. The number of nitrogens with zero attached hydrogens (tertiary/aromatic N) is 2. The summed E-state index contributed by atoms with van der Waals surface area (Å²) in [7, 11) is 0. The van der Waals surface area contributed by atoms with Crippen LogP contribution in [0.25, 0.3) is 10.9 Å². The van der Waals surface area contributed by atoms with Crippen molar-refractivity contribution in [3.05, 3.63) is 59.4 Å². The van der Waals surface area contributed by atoms with Crippen LogP contribution in [0, 0.1) is 0 Å².